The first kappa shape index (κ1) is 14.4. The van der Waals surface area contributed by atoms with Gasteiger partial charge in [-0.3, -0.25) is 4.90 Å². The molecule has 1 saturated heterocycles. The Kier molecular flexibility index (Phi) is 5.04. The third-order valence-corrected chi connectivity index (χ3v) is 3.37. The second-order valence-corrected chi connectivity index (χ2v) is 4.80. The number of nitriles is 1. The summed E-state index contributed by atoms with van der Waals surface area (Å²) >= 11 is 0. The molecule has 0 unspecified atom stereocenters. The zero-order chi connectivity index (χ0) is 14.4. The number of hydrogen-bond donors (Lipinski definition) is 1. The Morgan fingerprint density at radius 2 is 2.30 bits per heavy atom. The number of nitrogens with zero attached hydrogens (tertiary/aromatic N) is 3. The van der Waals surface area contributed by atoms with E-state index in [1.807, 2.05) is 12.1 Å². The van der Waals surface area contributed by atoms with Crippen molar-refractivity contribution in [2.24, 2.45) is 0 Å². The molecule has 0 amide bonds. The van der Waals surface area contributed by atoms with Crippen LogP contribution in [0.5, 0.6) is 0 Å². The molecule has 0 atom stereocenters. The smallest absolute Gasteiger partial charge is 0.329 e. The Balaban J connectivity index is 1.83. The molecular formula is C14H17N3O3. The lowest BCUT2D eigenvalue weighted by Crippen LogP contribution is -2.37. The Morgan fingerprint density at radius 3 is 2.95 bits per heavy atom. The van der Waals surface area contributed by atoms with Crippen LogP contribution >= 0.6 is 0 Å². The zero-order valence-electron chi connectivity index (χ0n) is 11.2. The molecule has 1 aliphatic rings. The number of aliphatic carboxylic acids is 1. The number of rotatable bonds is 5. The maximum absolute atomic E-state index is 10.4. The summed E-state index contributed by atoms with van der Waals surface area (Å²) in [7, 11) is 0. The number of carboxylic acid groups (broad SMARTS) is 1. The lowest BCUT2D eigenvalue weighted by Gasteiger charge is -2.31. The molecular weight excluding hydrogens is 258 g/mol. The van der Waals surface area contributed by atoms with Gasteiger partial charge in [-0.1, -0.05) is 6.07 Å². The lowest BCUT2D eigenvalue weighted by molar-refractivity contribution is -0.145. The molecule has 1 aromatic rings. The van der Waals surface area contributed by atoms with Gasteiger partial charge in [0.1, 0.15) is 18.4 Å². The van der Waals surface area contributed by atoms with Crippen molar-refractivity contribution in [2.75, 3.05) is 19.7 Å². The van der Waals surface area contributed by atoms with Crippen LogP contribution in [0.4, 0.5) is 0 Å². The first-order valence-corrected chi connectivity index (χ1v) is 6.59. The number of ether oxygens (including phenoxy) is 1. The molecule has 20 heavy (non-hydrogen) atoms. The minimum Gasteiger partial charge on any atom is -0.480 e. The highest BCUT2D eigenvalue weighted by molar-refractivity contribution is 5.68. The maximum atomic E-state index is 10.4. The summed E-state index contributed by atoms with van der Waals surface area (Å²) < 4.78 is 5.30. The summed E-state index contributed by atoms with van der Waals surface area (Å²) in [5, 5.41) is 17.6. The van der Waals surface area contributed by atoms with Gasteiger partial charge in [0.15, 0.2) is 0 Å². The van der Waals surface area contributed by atoms with Crippen LogP contribution < -0.4 is 0 Å². The van der Waals surface area contributed by atoms with E-state index in [2.05, 4.69) is 16.0 Å². The van der Waals surface area contributed by atoms with Crippen LogP contribution in [0.15, 0.2) is 18.3 Å². The van der Waals surface area contributed by atoms with E-state index in [0.717, 1.165) is 31.5 Å². The molecule has 1 N–H and O–H groups in total. The molecule has 2 heterocycles. The predicted molar refractivity (Wildman–Crippen MR) is 70.8 cm³/mol. The van der Waals surface area contributed by atoms with Crippen molar-refractivity contribution in [3.63, 3.8) is 0 Å². The Morgan fingerprint density at radius 1 is 1.55 bits per heavy atom. The van der Waals surface area contributed by atoms with E-state index in [9.17, 15) is 4.79 Å². The first-order chi connectivity index (χ1) is 9.69. The predicted octanol–water partition coefficient (Wildman–Crippen LogP) is 1.02. The molecule has 1 aliphatic heterocycles. The van der Waals surface area contributed by atoms with Crippen molar-refractivity contribution in [3.05, 3.63) is 29.6 Å². The second kappa shape index (κ2) is 6.98. The standard InChI is InChI=1S/C14H17N3O3/c15-8-13-11(2-1-5-16-13)9-17-6-3-12(4-7-17)20-10-14(18)19/h1-2,5,12H,3-4,6-7,9-10H2,(H,18,19). The van der Waals surface area contributed by atoms with Gasteiger partial charge in [0.2, 0.25) is 0 Å². The molecule has 1 fully saturated rings. The monoisotopic (exact) mass is 275 g/mol. The fourth-order valence-corrected chi connectivity index (χ4v) is 2.33. The fraction of sp³-hybridized carbons (Fsp3) is 0.500. The van der Waals surface area contributed by atoms with E-state index in [4.69, 9.17) is 15.1 Å². The van der Waals surface area contributed by atoms with E-state index in [1.54, 1.807) is 6.20 Å². The summed E-state index contributed by atoms with van der Waals surface area (Å²) in [4.78, 5) is 16.7. The van der Waals surface area contributed by atoms with Crippen LogP contribution in [0.1, 0.15) is 24.1 Å². The molecule has 0 radical (unpaired) electrons. The molecule has 0 aromatic carbocycles. The number of pyridine rings is 1. The number of carbonyl (C=O) groups is 1. The van der Waals surface area contributed by atoms with Crippen LogP contribution in [0, 0.1) is 11.3 Å². The summed E-state index contributed by atoms with van der Waals surface area (Å²) in [6, 6.07) is 5.85. The summed E-state index contributed by atoms with van der Waals surface area (Å²) in [6.07, 6.45) is 3.27. The summed E-state index contributed by atoms with van der Waals surface area (Å²) in [5.74, 6) is -0.929. The SMILES string of the molecule is N#Cc1ncccc1CN1CCC(OCC(=O)O)CC1. The second-order valence-electron chi connectivity index (χ2n) is 4.80. The molecule has 0 spiro atoms. The molecule has 0 saturated carbocycles. The Hall–Kier alpha value is -1.97. The van der Waals surface area contributed by atoms with E-state index in [0.29, 0.717) is 12.2 Å². The van der Waals surface area contributed by atoms with Gasteiger partial charge in [0.25, 0.3) is 0 Å². The normalized spacial score (nSPS) is 16.8. The minimum absolute atomic E-state index is 0.0201. The number of likely N-dealkylation sites (tertiary alicyclic amines) is 1. The molecule has 1 aromatic heterocycles. The average Bonchev–Trinajstić information content (AvgIpc) is 2.47. The molecule has 0 aliphatic carbocycles. The highest BCUT2D eigenvalue weighted by Crippen LogP contribution is 2.17. The molecule has 106 valence electrons. The maximum Gasteiger partial charge on any atom is 0.329 e. The van der Waals surface area contributed by atoms with E-state index < -0.39 is 5.97 Å². The lowest BCUT2D eigenvalue weighted by atomic mass is 10.1. The van der Waals surface area contributed by atoms with Crippen LogP contribution in [-0.2, 0) is 16.1 Å². The number of hydrogen-bond acceptors (Lipinski definition) is 5. The first-order valence-electron chi connectivity index (χ1n) is 6.59. The molecule has 2 rings (SSSR count). The van der Waals surface area contributed by atoms with Crippen molar-refractivity contribution in [3.8, 4) is 6.07 Å². The largest absolute Gasteiger partial charge is 0.480 e. The summed E-state index contributed by atoms with van der Waals surface area (Å²) in [6.45, 7) is 2.14. The Labute approximate surface area is 117 Å². The third-order valence-electron chi connectivity index (χ3n) is 3.37. The van der Waals surface area contributed by atoms with Gasteiger partial charge in [-0.2, -0.15) is 5.26 Å². The molecule has 0 bridgehead atoms. The highest BCUT2D eigenvalue weighted by Gasteiger charge is 2.21. The Bertz CT molecular complexity index is 505. The average molecular weight is 275 g/mol. The van der Waals surface area contributed by atoms with Gasteiger partial charge in [0, 0.05) is 31.4 Å². The van der Waals surface area contributed by atoms with Gasteiger partial charge >= 0.3 is 5.97 Å². The van der Waals surface area contributed by atoms with Crippen LogP contribution in [-0.4, -0.2) is 46.8 Å². The highest BCUT2D eigenvalue weighted by atomic mass is 16.5. The van der Waals surface area contributed by atoms with Crippen molar-refractivity contribution < 1.29 is 14.6 Å². The van der Waals surface area contributed by atoms with Gasteiger partial charge in [-0.05, 0) is 18.9 Å². The van der Waals surface area contributed by atoms with Gasteiger partial charge in [-0.15, -0.1) is 0 Å². The fourth-order valence-electron chi connectivity index (χ4n) is 2.33. The number of piperidine rings is 1. The topological polar surface area (TPSA) is 86.5 Å². The quantitative estimate of drug-likeness (QED) is 0.863. The van der Waals surface area contributed by atoms with Crippen LogP contribution in [0.2, 0.25) is 0 Å². The molecule has 6 heteroatoms. The van der Waals surface area contributed by atoms with Gasteiger partial charge in [-0.25, -0.2) is 9.78 Å². The van der Waals surface area contributed by atoms with E-state index >= 15 is 0 Å². The van der Waals surface area contributed by atoms with E-state index in [-0.39, 0.29) is 12.7 Å². The van der Waals surface area contributed by atoms with E-state index in [1.165, 1.54) is 0 Å². The van der Waals surface area contributed by atoms with Crippen molar-refractivity contribution in [1.82, 2.24) is 9.88 Å². The van der Waals surface area contributed by atoms with Crippen LogP contribution in [0.3, 0.4) is 0 Å². The van der Waals surface area contributed by atoms with Crippen molar-refractivity contribution >= 4 is 5.97 Å². The van der Waals surface area contributed by atoms with Crippen LogP contribution in [0.25, 0.3) is 0 Å². The third kappa shape index (κ3) is 4.02. The van der Waals surface area contributed by atoms with Crippen molar-refractivity contribution in [2.45, 2.75) is 25.5 Å². The number of aromatic nitrogens is 1. The number of carboxylic acids is 1. The minimum atomic E-state index is -0.929. The van der Waals surface area contributed by atoms with Gasteiger partial charge < -0.3 is 9.84 Å². The summed E-state index contributed by atoms with van der Waals surface area (Å²) in [5.41, 5.74) is 1.40. The van der Waals surface area contributed by atoms with Gasteiger partial charge in [0.05, 0.1) is 6.10 Å². The molecule has 6 nitrogen and oxygen atoms in total. The van der Waals surface area contributed by atoms with Crippen molar-refractivity contribution in [1.29, 1.82) is 5.26 Å². The zero-order valence-corrected chi connectivity index (χ0v) is 11.2.